The second kappa shape index (κ2) is 5.82. The third kappa shape index (κ3) is 2.23. The zero-order valence-corrected chi connectivity index (χ0v) is 15.0. The SMILES string of the molecule is CCNc1cccc2c1CC1=C2[C@H]2OCC[C@H]2n2cc(C(=O)O)c(=O)cc21. The van der Waals surface area contributed by atoms with E-state index in [0.29, 0.717) is 13.0 Å². The van der Waals surface area contributed by atoms with Gasteiger partial charge in [0.1, 0.15) is 11.7 Å². The number of anilines is 1. The average molecular weight is 364 g/mol. The molecule has 0 bridgehead atoms. The highest BCUT2D eigenvalue weighted by Crippen LogP contribution is 2.51. The van der Waals surface area contributed by atoms with Gasteiger partial charge in [0, 0.05) is 43.2 Å². The van der Waals surface area contributed by atoms with Crippen LogP contribution in [0.15, 0.2) is 35.3 Å². The number of aromatic carboxylic acids is 1. The van der Waals surface area contributed by atoms with E-state index < -0.39 is 11.4 Å². The number of pyridine rings is 1. The molecule has 1 saturated heterocycles. The molecule has 2 N–H and O–H groups in total. The van der Waals surface area contributed by atoms with Crippen LogP contribution in [0.3, 0.4) is 0 Å². The lowest BCUT2D eigenvalue weighted by Gasteiger charge is -2.32. The Labute approximate surface area is 156 Å². The molecule has 5 rings (SSSR count). The summed E-state index contributed by atoms with van der Waals surface area (Å²) in [4.78, 5) is 23.9. The molecule has 2 aliphatic heterocycles. The molecule has 1 aliphatic carbocycles. The molecule has 6 nitrogen and oxygen atoms in total. The van der Waals surface area contributed by atoms with Crippen LogP contribution in [-0.4, -0.2) is 34.9 Å². The van der Waals surface area contributed by atoms with Crippen molar-refractivity contribution in [3.8, 4) is 0 Å². The average Bonchev–Trinajstić information content (AvgIpc) is 3.26. The number of allylic oxidation sites excluding steroid dienone is 1. The quantitative estimate of drug-likeness (QED) is 0.875. The normalized spacial score (nSPS) is 22.1. The minimum absolute atomic E-state index is 0.0196. The van der Waals surface area contributed by atoms with E-state index in [1.54, 1.807) is 0 Å². The molecule has 0 spiro atoms. The number of hydrogen-bond acceptors (Lipinski definition) is 4. The lowest BCUT2D eigenvalue weighted by atomic mass is 9.89. The molecule has 27 heavy (non-hydrogen) atoms. The first kappa shape index (κ1) is 16.3. The van der Waals surface area contributed by atoms with Crippen LogP contribution in [0.5, 0.6) is 0 Å². The predicted molar refractivity (Wildman–Crippen MR) is 102 cm³/mol. The molecule has 138 valence electrons. The topological polar surface area (TPSA) is 80.6 Å². The molecule has 0 saturated carbocycles. The van der Waals surface area contributed by atoms with Crippen LogP contribution in [0.1, 0.15) is 46.6 Å². The Morgan fingerprint density at radius 2 is 2.26 bits per heavy atom. The van der Waals surface area contributed by atoms with E-state index in [1.807, 2.05) is 10.6 Å². The summed E-state index contributed by atoms with van der Waals surface area (Å²) in [5.41, 5.74) is 5.95. The largest absolute Gasteiger partial charge is 0.477 e. The molecule has 2 atom stereocenters. The zero-order valence-electron chi connectivity index (χ0n) is 15.0. The molecule has 6 heteroatoms. The summed E-state index contributed by atoms with van der Waals surface area (Å²) in [6, 6.07) is 7.76. The van der Waals surface area contributed by atoms with Crippen molar-refractivity contribution >= 4 is 22.8 Å². The molecule has 1 fully saturated rings. The summed E-state index contributed by atoms with van der Waals surface area (Å²) in [6.07, 6.45) is 2.92. The van der Waals surface area contributed by atoms with Crippen LogP contribution in [0, 0.1) is 0 Å². The Morgan fingerprint density at radius 3 is 3.04 bits per heavy atom. The first-order chi connectivity index (χ1) is 13.1. The van der Waals surface area contributed by atoms with Gasteiger partial charge in [-0.05, 0) is 41.7 Å². The number of rotatable bonds is 3. The molecule has 0 amide bonds. The monoisotopic (exact) mass is 364 g/mol. The van der Waals surface area contributed by atoms with Gasteiger partial charge in [0.15, 0.2) is 5.43 Å². The third-order valence-electron chi connectivity index (χ3n) is 5.83. The van der Waals surface area contributed by atoms with Crippen molar-refractivity contribution in [3.63, 3.8) is 0 Å². The zero-order chi connectivity index (χ0) is 18.7. The lowest BCUT2D eigenvalue weighted by molar-refractivity contribution is 0.0693. The summed E-state index contributed by atoms with van der Waals surface area (Å²) < 4.78 is 8.05. The molecular formula is C21H20N2O4. The Kier molecular flexibility index (Phi) is 3.52. The van der Waals surface area contributed by atoms with Crippen molar-refractivity contribution in [1.82, 2.24) is 4.57 Å². The molecule has 1 aromatic carbocycles. The summed E-state index contributed by atoms with van der Waals surface area (Å²) >= 11 is 0. The highest BCUT2D eigenvalue weighted by molar-refractivity contribution is 6.01. The first-order valence-electron chi connectivity index (χ1n) is 9.30. The molecule has 0 unspecified atom stereocenters. The standard InChI is InChI=1S/C21H20N2O4/c1-2-22-15-5-3-4-11-12(15)8-13-17-9-18(24)14(21(25)26)10-23(17)16-6-7-27-20(16)19(11)13/h3-5,9-10,16,20,22H,2,6-8H2,1H3,(H,25,26)/t16-,20+/m1/s1. The molecule has 2 aromatic rings. The Hall–Kier alpha value is -2.86. The molecule has 1 aromatic heterocycles. The number of carbonyl (C=O) groups is 1. The highest BCUT2D eigenvalue weighted by Gasteiger charge is 2.43. The Morgan fingerprint density at radius 1 is 1.41 bits per heavy atom. The van der Waals surface area contributed by atoms with Gasteiger partial charge >= 0.3 is 5.97 Å². The summed E-state index contributed by atoms with van der Waals surface area (Å²) in [7, 11) is 0. The molecule has 3 heterocycles. The number of hydrogen-bond donors (Lipinski definition) is 2. The van der Waals surface area contributed by atoms with Crippen molar-refractivity contribution in [2.24, 2.45) is 0 Å². The van der Waals surface area contributed by atoms with E-state index in [1.165, 1.54) is 23.4 Å². The smallest absolute Gasteiger partial charge is 0.341 e. The van der Waals surface area contributed by atoms with Crippen LogP contribution in [0.4, 0.5) is 5.69 Å². The predicted octanol–water partition coefficient (Wildman–Crippen LogP) is 2.79. The van der Waals surface area contributed by atoms with Gasteiger partial charge in [0.25, 0.3) is 0 Å². The number of carboxylic acids is 1. The van der Waals surface area contributed by atoms with Crippen molar-refractivity contribution < 1.29 is 14.6 Å². The summed E-state index contributed by atoms with van der Waals surface area (Å²) in [5, 5.41) is 12.8. The van der Waals surface area contributed by atoms with Gasteiger partial charge in [-0.2, -0.15) is 0 Å². The fourth-order valence-electron chi connectivity index (χ4n) is 4.74. The minimum atomic E-state index is -1.19. The number of aromatic nitrogens is 1. The number of fused-ring (bicyclic) bond motifs is 7. The maximum atomic E-state index is 12.4. The summed E-state index contributed by atoms with van der Waals surface area (Å²) in [5.74, 6) is -1.19. The third-order valence-corrected chi connectivity index (χ3v) is 5.83. The van der Waals surface area contributed by atoms with Gasteiger partial charge in [-0.1, -0.05) is 12.1 Å². The van der Waals surface area contributed by atoms with Gasteiger partial charge in [-0.25, -0.2) is 4.79 Å². The van der Waals surface area contributed by atoms with Crippen LogP contribution in [0.25, 0.3) is 11.1 Å². The number of carboxylic acid groups (broad SMARTS) is 1. The Balaban J connectivity index is 1.74. The van der Waals surface area contributed by atoms with Gasteiger partial charge in [-0.15, -0.1) is 0 Å². The number of ether oxygens (including phenoxy) is 1. The van der Waals surface area contributed by atoms with Crippen molar-refractivity contribution in [1.29, 1.82) is 0 Å². The Bertz CT molecular complexity index is 1070. The molecule has 3 aliphatic rings. The second-order valence-corrected chi connectivity index (χ2v) is 7.23. The highest BCUT2D eigenvalue weighted by atomic mass is 16.5. The van der Waals surface area contributed by atoms with E-state index >= 15 is 0 Å². The number of nitrogens with one attached hydrogen (secondary N) is 1. The van der Waals surface area contributed by atoms with Gasteiger partial charge in [-0.3, -0.25) is 4.79 Å². The van der Waals surface area contributed by atoms with Crippen LogP contribution >= 0.6 is 0 Å². The van der Waals surface area contributed by atoms with Crippen molar-refractivity contribution in [2.75, 3.05) is 18.5 Å². The number of nitrogens with zero attached hydrogens (tertiary/aromatic N) is 1. The number of benzene rings is 1. The van der Waals surface area contributed by atoms with Crippen molar-refractivity contribution in [3.05, 3.63) is 63.1 Å². The van der Waals surface area contributed by atoms with Crippen molar-refractivity contribution in [2.45, 2.75) is 31.9 Å². The molecular weight excluding hydrogens is 344 g/mol. The minimum Gasteiger partial charge on any atom is -0.477 e. The second-order valence-electron chi connectivity index (χ2n) is 7.23. The lowest BCUT2D eigenvalue weighted by Crippen LogP contribution is -2.31. The van der Waals surface area contributed by atoms with E-state index in [-0.39, 0.29) is 17.7 Å². The molecule has 0 radical (unpaired) electrons. The first-order valence-corrected chi connectivity index (χ1v) is 9.30. The fraction of sp³-hybridized carbons (Fsp3) is 0.333. The van der Waals surface area contributed by atoms with E-state index in [0.717, 1.165) is 35.5 Å². The van der Waals surface area contributed by atoms with Gasteiger partial charge in [0.05, 0.1) is 6.04 Å². The maximum absolute atomic E-state index is 12.4. The van der Waals surface area contributed by atoms with Gasteiger partial charge in [0.2, 0.25) is 0 Å². The van der Waals surface area contributed by atoms with Crippen LogP contribution in [0.2, 0.25) is 0 Å². The summed E-state index contributed by atoms with van der Waals surface area (Å²) in [6.45, 7) is 3.53. The van der Waals surface area contributed by atoms with Crippen LogP contribution < -0.4 is 10.7 Å². The van der Waals surface area contributed by atoms with Gasteiger partial charge < -0.3 is 19.7 Å². The fourth-order valence-corrected chi connectivity index (χ4v) is 4.74. The van der Waals surface area contributed by atoms with E-state index in [4.69, 9.17) is 4.74 Å². The van der Waals surface area contributed by atoms with E-state index in [2.05, 4.69) is 24.4 Å². The van der Waals surface area contributed by atoms with Crippen LogP contribution in [-0.2, 0) is 11.2 Å². The maximum Gasteiger partial charge on any atom is 0.341 e. The van der Waals surface area contributed by atoms with E-state index in [9.17, 15) is 14.7 Å².